The number of pyridine rings is 1. The lowest BCUT2D eigenvalue weighted by atomic mass is 9.84. The van der Waals surface area contributed by atoms with Gasteiger partial charge in [-0.25, -0.2) is 15.0 Å². The van der Waals surface area contributed by atoms with Gasteiger partial charge in [0.25, 0.3) is 0 Å². The van der Waals surface area contributed by atoms with Gasteiger partial charge in [0.05, 0.1) is 35.6 Å². The molecule has 1 N–H and O–H groups in total. The summed E-state index contributed by atoms with van der Waals surface area (Å²) in [6.07, 6.45) is 7.46. The van der Waals surface area contributed by atoms with Crippen molar-refractivity contribution < 1.29 is 9.47 Å². The molecule has 37 heavy (non-hydrogen) atoms. The summed E-state index contributed by atoms with van der Waals surface area (Å²) in [7, 11) is 0. The van der Waals surface area contributed by atoms with Crippen LogP contribution in [0.25, 0.3) is 0 Å². The minimum Gasteiger partial charge on any atom is -0.489 e. The summed E-state index contributed by atoms with van der Waals surface area (Å²) in [5.41, 5.74) is 4.34. The second-order valence-corrected chi connectivity index (χ2v) is 10.1. The van der Waals surface area contributed by atoms with Crippen molar-refractivity contribution in [3.05, 3.63) is 64.1 Å². The van der Waals surface area contributed by atoms with Gasteiger partial charge >= 0.3 is 0 Å². The topological polar surface area (TPSA) is 96.2 Å². The van der Waals surface area contributed by atoms with E-state index < -0.39 is 0 Å². The van der Waals surface area contributed by atoms with Gasteiger partial charge in [0.1, 0.15) is 17.7 Å². The molecule has 0 amide bonds. The standard InChI is InChI=1S/C28H31ClN6O2/c1-4-18-10-32-28(33-11-18)35-13-21-15-36-16-22(14-35)26(21)37-25-17(3)27(31-12-20(25)5-2)34-24-7-6-19(9-30)8-23(24)29/h6-8,10-12,21-22,26H,4-5,13-16H2,1-3H3,(H,31,34). The van der Waals surface area contributed by atoms with Crippen LogP contribution in [0.5, 0.6) is 5.75 Å². The number of aryl methyl sites for hydroxylation is 2. The maximum absolute atomic E-state index is 9.13. The molecule has 0 aliphatic carbocycles. The lowest BCUT2D eigenvalue weighted by Gasteiger charge is -2.46. The Labute approximate surface area is 222 Å². The predicted octanol–water partition coefficient (Wildman–Crippen LogP) is 5.10. The number of rotatable bonds is 7. The first-order valence-corrected chi connectivity index (χ1v) is 13.1. The molecule has 2 saturated heterocycles. The number of hydrogen-bond donors (Lipinski definition) is 1. The number of hydrogen-bond acceptors (Lipinski definition) is 8. The molecule has 1 aromatic carbocycles. The molecule has 2 unspecified atom stereocenters. The highest BCUT2D eigenvalue weighted by molar-refractivity contribution is 6.33. The molecule has 2 aliphatic rings. The molecule has 5 rings (SSSR count). The van der Waals surface area contributed by atoms with Gasteiger partial charge in [-0.1, -0.05) is 25.4 Å². The molecule has 192 valence electrons. The van der Waals surface area contributed by atoms with E-state index in [1.807, 2.05) is 25.5 Å². The smallest absolute Gasteiger partial charge is 0.225 e. The van der Waals surface area contributed by atoms with Gasteiger partial charge in [0, 0.05) is 54.6 Å². The number of anilines is 3. The number of piperidine rings is 1. The SMILES string of the molecule is CCc1cnc(N2CC3COCC(C2)C3Oc2c(CC)cnc(Nc3ccc(C#N)cc3Cl)c2C)nc1. The normalized spacial score (nSPS) is 20.8. The van der Waals surface area contributed by atoms with E-state index >= 15 is 0 Å². The largest absolute Gasteiger partial charge is 0.489 e. The first-order chi connectivity index (χ1) is 18.0. The van der Waals surface area contributed by atoms with Crippen molar-refractivity contribution in [1.82, 2.24) is 15.0 Å². The number of halogens is 1. The molecule has 2 atom stereocenters. The monoisotopic (exact) mass is 518 g/mol. The molecule has 0 saturated carbocycles. The number of ether oxygens (including phenoxy) is 2. The highest BCUT2D eigenvalue weighted by atomic mass is 35.5. The molecular formula is C28H31ClN6O2. The van der Waals surface area contributed by atoms with E-state index in [1.165, 1.54) is 0 Å². The Balaban J connectivity index is 1.38. The summed E-state index contributed by atoms with van der Waals surface area (Å²) >= 11 is 6.41. The number of nitriles is 1. The molecule has 2 fully saturated rings. The van der Waals surface area contributed by atoms with Crippen LogP contribution >= 0.6 is 11.6 Å². The lowest BCUT2D eigenvalue weighted by Crippen LogP contribution is -2.58. The van der Waals surface area contributed by atoms with Gasteiger partial charge in [0.15, 0.2) is 0 Å². The summed E-state index contributed by atoms with van der Waals surface area (Å²) in [5, 5.41) is 12.9. The van der Waals surface area contributed by atoms with Crippen molar-refractivity contribution in [2.45, 2.75) is 39.7 Å². The second kappa shape index (κ2) is 10.9. The minimum atomic E-state index is 0.0256. The Morgan fingerprint density at radius 3 is 2.46 bits per heavy atom. The Bertz CT molecular complexity index is 1300. The number of benzene rings is 1. The van der Waals surface area contributed by atoms with E-state index in [-0.39, 0.29) is 17.9 Å². The van der Waals surface area contributed by atoms with E-state index in [0.717, 1.165) is 54.3 Å². The van der Waals surface area contributed by atoms with E-state index in [4.69, 9.17) is 26.3 Å². The van der Waals surface area contributed by atoms with Gasteiger partial charge in [-0.3, -0.25) is 0 Å². The fourth-order valence-electron chi connectivity index (χ4n) is 5.09. The van der Waals surface area contributed by atoms with Crippen LogP contribution in [0.3, 0.4) is 0 Å². The number of nitrogens with one attached hydrogen (secondary N) is 1. The summed E-state index contributed by atoms with van der Waals surface area (Å²) in [5.74, 6) is 2.71. The fourth-order valence-corrected chi connectivity index (χ4v) is 5.31. The zero-order valence-electron chi connectivity index (χ0n) is 21.4. The molecule has 2 bridgehead atoms. The third-order valence-electron chi connectivity index (χ3n) is 7.21. The van der Waals surface area contributed by atoms with Crippen molar-refractivity contribution in [1.29, 1.82) is 5.26 Å². The summed E-state index contributed by atoms with van der Waals surface area (Å²) in [6, 6.07) is 7.28. The molecule has 0 spiro atoms. The molecule has 2 aromatic heterocycles. The molecule has 9 heteroatoms. The molecule has 8 nitrogen and oxygen atoms in total. The third-order valence-corrected chi connectivity index (χ3v) is 7.52. The van der Waals surface area contributed by atoms with Crippen LogP contribution in [0, 0.1) is 30.1 Å². The molecular weight excluding hydrogens is 488 g/mol. The van der Waals surface area contributed by atoms with Gasteiger partial charge in [0.2, 0.25) is 5.95 Å². The highest BCUT2D eigenvalue weighted by Gasteiger charge is 2.43. The minimum absolute atomic E-state index is 0.0256. The van der Waals surface area contributed by atoms with Crippen LogP contribution in [0.2, 0.25) is 5.02 Å². The molecule has 0 radical (unpaired) electrons. The fraction of sp³-hybridized carbons (Fsp3) is 0.429. The highest BCUT2D eigenvalue weighted by Crippen LogP contribution is 2.38. The van der Waals surface area contributed by atoms with Crippen LogP contribution in [0.1, 0.15) is 36.1 Å². The average Bonchev–Trinajstić information content (AvgIpc) is 2.91. The first-order valence-electron chi connectivity index (χ1n) is 12.8. The van der Waals surface area contributed by atoms with E-state index in [9.17, 15) is 0 Å². The van der Waals surface area contributed by atoms with Crippen LogP contribution in [0.15, 0.2) is 36.8 Å². The number of nitrogens with zero attached hydrogens (tertiary/aromatic N) is 5. The van der Waals surface area contributed by atoms with Crippen molar-refractivity contribution in [3.8, 4) is 11.8 Å². The van der Waals surface area contributed by atoms with Crippen LogP contribution in [-0.2, 0) is 17.6 Å². The quantitative estimate of drug-likeness (QED) is 0.461. The third kappa shape index (κ3) is 5.20. The van der Waals surface area contributed by atoms with E-state index in [1.54, 1.807) is 18.2 Å². The first kappa shape index (κ1) is 25.2. The number of aromatic nitrogens is 3. The van der Waals surface area contributed by atoms with Crippen molar-refractivity contribution in [3.63, 3.8) is 0 Å². The summed E-state index contributed by atoms with van der Waals surface area (Å²) in [6.45, 7) is 9.08. The van der Waals surface area contributed by atoms with Crippen LogP contribution in [0.4, 0.5) is 17.5 Å². The second-order valence-electron chi connectivity index (χ2n) is 9.66. The van der Waals surface area contributed by atoms with E-state index in [2.05, 4.69) is 45.1 Å². The van der Waals surface area contributed by atoms with Gasteiger partial charge in [-0.15, -0.1) is 0 Å². The van der Waals surface area contributed by atoms with Gasteiger partial charge in [-0.05, 0) is 43.5 Å². The molecule has 2 aliphatic heterocycles. The Hall–Kier alpha value is -3.41. The van der Waals surface area contributed by atoms with Crippen molar-refractivity contribution in [2.75, 3.05) is 36.5 Å². The zero-order chi connectivity index (χ0) is 25.9. The average molecular weight is 519 g/mol. The predicted molar refractivity (Wildman–Crippen MR) is 144 cm³/mol. The van der Waals surface area contributed by atoms with Crippen molar-refractivity contribution >= 4 is 29.1 Å². The molecule has 4 heterocycles. The van der Waals surface area contributed by atoms with Crippen LogP contribution < -0.4 is 15.0 Å². The molecule has 3 aromatic rings. The maximum atomic E-state index is 9.13. The Morgan fingerprint density at radius 1 is 1.11 bits per heavy atom. The maximum Gasteiger partial charge on any atom is 0.225 e. The van der Waals surface area contributed by atoms with Crippen LogP contribution in [-0.4, -0.2) is 47.4 Å². The number of fused-ring (bicyclic) bond motifs is 2. The van der Waals surface area contributed by atoms with E-state index in [0.29, 0.717) is 35.3 Å². The summed E-state index contributed by atoms with van der Waals surface area (Å²) < 4.78 is 12.8. The van der Waals surface area contributed by atoms with Gasteiger partial charge in [-0.2, -0.15) is 5.26 Å². The Morgan fingerprint density at radius 2 is 1.84 bits per heavy atom. The van der Waals surface area contributed by atoms with Crippen molar-refractivity contribution in [2.24, 2.45) is 11.8 Å². The lowest BCUT2D eigenvalue weighted by molar-refractivity contribution is -0.0760. The zero-order valence-corrected chi connectivity index (χ0v) is 22.1. The Kier molecular flexibility index (Phi) is 7.45. The summed E-state index contributed by atoms with van der Waals surface area (Å²) in [4.78, 5) is 16.1. The van der Waals surface area contributed by atoms with Gasteiger partial charge < -0.3 is 19.7 Å².